The number of methoxy groups -OCH3 is 2. The summed E-state index contributed by atoms with van der Waals surface area (Å²) in [5.41, 5.74) is 0.932. The summed E-state index contributed by atoms with van der Waals surface area (Å²) < 4.78 is 10.6. The SMILES string of the molecule is COc1ccc(C=CC(=O)N2CCCC2CN2CCCC2)cc1OC. The number of carbonyl (C=O) groups excluding carboxylic acids is 1. The van der Waals surface area contributed by atoms with Gasteiger partial charge in [0.1, 0.15) is 0 Å². The Labute approximate surface area is 150 Å². The second-order valence-corrected chi connectivity index (χ2v) is 6.78. The first-order valence-electron chi connectivity index (χ1n) is 9.14. The minimum Gasteiger partial charge on any atom is -0.493 e. The summed E-state index contributed by atoms with van der Waals surface area (Å²) in [5.74, 6) is 1.47. The number of hydrogen-bond acceptors (Lipinski definition) is 4. The van der Waals surface area contributed by atoms with Crippen molar-refractivity contribution in [1.82, 2.24) is 9.80 Å². The molecule has 2 saturated heterocycles. The Kier molecular flexibility index (Phi) is 5.97. The van der Waals surface area contributed by atoms with E-state index in [4.69, 9.17) is 9.47 Å². The quantitative estimate of drug-likeness (QED) is 0.744. The molecule has 5 nitrogen and oxygen atoms in total. The second kappa shape index (κ2) is 8.39. The van der Waals surface area contributed by atoms with Gasteiger partial charge in [0.15, 0.2) is 11.5 Å². The van der Waals surface area contributed by atoms with Crippen molar-refractivity contribution in [3.8, 4) is 11.5 Å². The lowest BCUT2D eigenvalue weighted by molar-refractivity contribution is -0.127. The van der Waals surface area contributed by atoms with E-state index in [-0.39, 0.29) is 5.91 Å². The number of ether oxygens (including phenoxy) is 2. The van der Waals surface area contributed by atoms with Crippen LogP contribution in [0.4, 0.5) is 0 Å². The van der Waals surface area contributed by atoms with E-state index in [0.29, 0.717) is 17.5 Å². The van der Waals surface area contributed by atoms with Crippen molar-refractivity contribution in [2.24, 2.45) is 0 Å². The first-order chi connectivity index (χ1) is 12.2. The Morgan fingerprint density at radius 3 is 2.60 bits per heavy atom. The van der Waals surface area contributed by atoms with Gasteiger partial charge in [-0.3, -0.25) is 4.79 Å². The topological polar surface area (TPSA) is 42.0 Å². The molecular weight excluding hydrogens is 316 g/mol. The van der Waals surface area contributed by atoms with Gasteiger partial charge in [-0.15, -0.1) is 0 Å². The van der Waals surface area contributed by atoms with Gasteiger partial charge >= 0.3 is 0 Å². The number of hydrogen-bond donors (Lipinski definition) is 0. The Bertz CT molecular complexity index is 623. The van der Waals surface area contributed by atoms with Crippen LogP contribution in [0.5, 0.6) is 11.5 Å². The Morgan fingerprint density at radius 2 is 1.88 bits per heavy atom. The van der Waals surface area contributed by atoms with Crippen molar-refractivity contribution in [2.75, 3.05) is 40.4 Å². The van der Waals surface area contributed by atoms with E-state index in [1.54, 1.807) is 20.3 Å². The van der Waals surface area contributed by atoms with Crippen LogP contribution in [-0.4, -0.2) is 62.1 Å². The summed E-state index contributed by atoms with van der Waals surface area (Å²) in [7, 11) is 3.23. The van der Waals surface area contributed by atoms with Crippen molar-refractivity contribution in [2.45, 2.75) is 31.7 Å². The van der Waals surface area contributed by atoms with E-state index in [0.717, 1.165) is 31.5 Å². The monoisotopic (exact) mass is 344 g/mol. The minimum absolute atomic E-state index is 0.108. The molecule has 0 aliphatic carbocycles. The molecule has 3 rings (SSSR count). The summed E-state index contributed by atoms with van der Waals surface area (Å²) in [5, 5.41) is 0. The van der Waals surface area contributed by atoms with Crippen molar-refractivity contribution >= 4 is 12.0 Å². The maximum Gasteiger partial charge on any atom is 0.246 e. The van der Waals surface area contributed by atoms with Crippen LogP contribution in [-0.2, 0) is 4.79 Å². The van der Waals surface area contributed by atoms with Gasteiger partial charge in [0.05, 0.1) is 14.2 Å². The number of likely N-dealkylation sites (tertiary alicyclic amines) is 2. The van der Waals surface area contributed by atoms with Gasteiger partial charge in [-0.2, -0.15) is 0 Å². The van der Waals surface area contributed by atoms with E-state index in [1.165, 1.54) is 25.9 Å². The average Bonchev–Trinajstić information content (AvgIpc) is 3.31. The van der Waals surface area contributed by atoms with Crippen LogP contribution in [0, 0.1) is 0 Å². The molecule has 25 heavy (non-hydrogen) atoms. The van der Waals surface area contributed by atoms with Crippen LogP contribution >= 0.6 is 0 Å². The molecule has 1 aromatic rings. The molecule has 136 valence electrons. The zero-order valence-electron chi connectivity index (χ0n) is 15.2. The molecule has 0 bridgehead atoms. The Hall–Kier alpha value is -2.01. The molecule has 0 spiro atoms. The van der Waals surface area contributed by atoms with E-state index < -0.39 is 0 Å². The molecule has 1 atom stereocenters. The molecule has 0 N–H and O–H groups in total. The van der Waals surface area contributed by atoms with Crippen molar-refractivity contribution in [3.05, 3.63) is 29.8 Å². The fourth-order valence-electron chi connectivity index (χ4n) is 3.80. The largest absolute Gasteiger partial charge is 0.493 e. The van der Waals surface area contributed by atoms with Crippen LogP contribution in [0.25, 0.3) is 6.08 Å². The number of amides is 1. The van der Waals surface area contributed by atoms with Crippen molar-refractivity contribution in [3.63, 3.8) is 0 Å². The van der Waals surface area contributed by atoms with Gasteiger partial charge in [-0.25, -0.2) is 0 Å². The first kappa shape index (κ1) is 17.8. The third kappa shape index (κ3) is 4.34. The Morgan fingerprint density at radius 1 is 1.12 bits per heavy atom. The molecule has 2 fully saturated rings. The molecule has 5 heteroatoms. The zero-order chi connectivity index (χ0) is 17.6. The Balaban J connectivity index is 1.63. The van der Waals surface area contributed by atoms with Crippen molar-refractivity contribution in [1.29, 1.82) is 0 Å². The first-order valence-corrected chi connectivity index (χ1v) is 9.14. The van der Waals surface area contributed by atoms with Gasteiger partial charge in [0, 0.05) is 25.2 Å². The maximum atomic E-state index is 12.6. The molecule has 2 aliphatic rings. The molecule has 0 radical (unpaired) electrons. The highest BCUT2D eigenvalue weighted by Crippen LogP contribution is 2.28. The van der Waals surface area contributed by atoms with Gasteiger partial charge in [0.25, 0.3) is 0 Å². The third-order valence-corrected chi connectivity index (χ3v) is 5.15. The van der Waals surface area contributed by atoms with Gasteiger partial charge in [-0.05, 0) is 62.5 Å². The molecule has 1 amide bonds. The third-order valence-electron chi connectivity index (χ3n) is 5.15. The zero-order valence-corrected chi connectivity index (χ0v) is 15.2. The summed E-state index contributed by atoms with van der Waals surface area (Å²) in [4.78, 5) is 17.2. The van der Waals surface area contributed by atoms with Crippen LogP contribution in [0.2, 0.25) is 0 Å². The van der Waals surface area contributed by atoms with E-state index in [2.05, 4.69) is 4.90 Å². The molecule has 0 aromatic heterocycles. The highest BCUT2D eigenvalue weighted by Gasteiger charge is 2.29. The number of nitrogens with zero attached hydrogens (tertiary/aromatic N) is 2. The van der Waals surface area contributed by atoms with Crippen LogP contribution in [0.3, 0.4) is 0 Å². The molecule has 2 aliphatic heterocycles. The molecular formula is C20H28N2O3. The van der Waals surface area contributed by atoms with Gasteiger partial charge < -0.3 is 19.3 Å². The normalized spacial score (nSPS) is 21.2. The summed E-state index contributed by atoms with van der Waals surface area (Å²) in [6.45, 7) is 4.25. The predicted molar refractivity (Wildman–Crippen MR) is 99.0 cm³/mol. The number of carbonyl (C=O) groups is 1. The summed E-state index contributed by atoms with van der Waals surface area (Å²) in [6.07, 6.45) is 8.35. The molecule has 1 unspecified atom stereocenters. The van der Waals surface area contributed by atoms with Crippen molar-refractivity contribution < 1.29 is 14.3 Å². The predicted octanol–water partition coefficient (Wildman–Crippen LogP) is 2.80. The van der Waals surface area contributed by atoms with E-state index in [1.807, 2.05) is 29.2 Å². The number of rotatable bonds is 6. The van der Waals surface area contributed by atoms with Gasteiger partial charge in [0.2, 0.25) is 5.91 Å². The lowest BCUT2D eigenvalue weighted by Crippen LogP contribution is -2.41. The maximum absolute atomic E-state index is 12.6. The lowest BCUT2D eigenvalue weighted by Gasteiger charge is -2.27. The fraction of sp³-hybridized carbons (Fsp3) is 0.550. The molecule has 0 saturated carbocycles. The standard InChI is InChI=1S/C20H28N2O3/c1-24-18-9-7-16(14-19(18)25-2)8-10-20(23)22-13-5-6-17(22)15-21-11-3-4-12-21/h7-10,14,17H,3-6,11-13,15H2,1-2H3. The molecule has 2 heterocycles. The number of benzene rings is 1. The minimum atomic E-state index is 0.108. The fourth-order valence-corrected chi connectivity index (χ4v) is 3.80. The summed E-state index contributed by atoms with van der Waals surface area (Å²) in [6, 6.07) is 6.03. The highest BCUT2D eigenvalue weighted by molar-refractivity contribution is 5.92. The van der Waals surface area contributed by atoms with Crippen LogP contribution in [0.1, 0.15) is 31.2 Å². The lowest BCUT2D eigenvalue weighted by atomic mass is 10.1. The van der Waals surface area contributed by atoms with Gasteiger partial charge in [-0.1, -0.05) is 6.07 Å². The smallest absolute Gasteiger partial charge is 0.246 e. The average molecular weight is 344 g/mol. The second-order valence-electron chi connectivity index (χ2n) is 6.78. The molecule has 1 aromatic carbocycles. The van der Waals surface area contributed by atoms with E-state index in [9.17, 15) is 4.79 Å². The van der Waals surface area contributed by atoms with Crippen LogP contribution < -0.4 is 9.47 Å². The highest BCUT2D eigenvalue weighted by atomic mass is 16.5. The summed E-state index contributed by atoms with van der Waals surface area (Å²) >= 11 is 0. The van der Waals surface area contributed by atoms with Crippen LogP contribution in [0.15, 0.2) is 24.3 Å². The van der Waals surface area contributed by atoms with E-state index >= 15 is 0 Å².